The molecule has 0 aliphatic heterocycles. The Balaban J connectivity index is 1.44. The van der Waals surface area contributed by atoms with E-state index < -0.39 is 15.3 Å². The zero-order valence-electron chi connectivity index (χ0n) is 19.7. The van der Waals surface area contributed by atoms with E-state index in [1.807, 2.05) is 30.3 Å². The minimum absolute atomic E-state index is 0.257. The van der Waals surface area contributed by atoms with Gasteiger partial charge in [0.05, 0.1) is 17.5 Å². The molecule has 0 atom stereocenters. The largest absolute Gasteiger partial charge is 0.491 e. The van der Waals surface area contributed by atoms with E-state index >= 15 is 0 Å². The summed E-state index contributed by atoms with van der Waals surface area (Å²) in [6.45, 7) is 3.69. The summed E-state index contributed by atoms with van der Waals surface area (Å²) in [5.74, 6) is 0.765. The van der Waals surface area contributed by atoms with Crippen LogP contribution < -0.4 is 9.46 Å². The Bertz CT molecular complexity index is 1160. The van der Waals surface area contributed by atoms with Crippen molar-refractivity contribution in [1.29, 1.82) is 0 Å². The molecule has 180 valence electrons. The van der Waals surface area contributed by atoms with Crippen molar-refractivity contribution in [2.24, 2.45) is 0 Å². The molecule has 0 saturated heterocycles. The number of nitrogens with zero attached hydrogens (tertiary/aromatic N) is 1. The summed E-state index contributed by atoms with van der Waals surface area (Å²) in [5, 5.41) is -0.532. The first-order valence-electron chi connectivity index (χ1n) is 11.6. The number of hydrogen-bond acceptors (Lipinski definition) is 5. The molecule has 1 heterocycles. The van der Waals surface area contributed by atoms with Gasteiger partial charge in [-0.15, -0.1) is 0 Å². The summed E-state index contributed by atoms with van der Waals surface area (Å²) >= 11 is 0. The monoisotopic (exact) mass is 480 g/mol. The van der Waals surface area contributed by atoms with E-state index in [1.165, 1.54) is 0 Å². The predicted octanol–water partition coefficient (Wildman–Crippen LogP) is 4.99. The first-order valence-corrected chi connectivity index (χ1v) is 13.1. The van der Waals surface area contributed by atoms with Gasteiger partial charge in [0, 0.05) is 31.7 Å². The number of anilines is 1. The summed E-state index contributed by atoms with van der Waals surface area (Å²) in [5.41, 5.74) is 3.78. The van der Waals surface area contributed by atoms with E-state index in [4.69, 9.17) is 4.74 Å². The number of para-hydroxylation sites is 2. The number of ether oxygens (including phenoxy) is 1. The molecule has 3 aromatic rings. The first-order chi connectivity index (χ1) is 16.3. The van der Waals surface area contributed by atoms with Gasteiger partial charge in [0.1, 0.15) is 11.5 Å². The number of sulfonamides is 1. The minimum Gasteiger partial charge on any atom is -0.491 e. The van der Waals surface area contributed by atoms with Crippen LogP contribution in [0.25, 0.3) is 0 Å². The average molecular weight is 481 g/mol. The van der Waals surface area contributed by atoms with Crippen LogP contribution >= 0.6 is 0 Å². The molecule has 0 saturated carbocycles. The van der Waals surface area contributed by atoms with Crippen molar-refractivity contribution in [3.05, 3.63) is 89.7 Å². The molecule has 7 heteroatoms. The maximum atomic E-state index is 12.2. The molecule has 34 heavy (non-hydrogen) atoms. The highest BCUT2D eigenvalue weighted by atomic mass is 32.2. The molecule has 0 aliphatic carbocycles. The number of aryl methyl sites for hydroxylation is 2. The minimum atomic E-state index is -3.44. The maximum Gasteiger partial charge on any atom is 0.235 e. The van der Waals surface area contributed by atoms with Crippen LogP contribution in [0.4, 0.5) is 5.69 Å². The fourth-order valence-electron chi connectivity index (χ4n) is 3.34. The lowest BCUT2D eigenvalue weighted by Crippen LogP contribution is -2.22. The van der Waals surface area contributed by atoms with Gasteiger partial charge >= 0.3 is 0 Å². The Kier molecular flexibility index (Phi) is 9.22. The number of carbonyl (C=O) groups is 1. The highest BCUT2D eigenvalue weighted by Crippen LogP contribution is 2.26. The van der Waals surface area contributed by atoms with E-state index in [-0.39, 0.29) is 5.78 Å². The average Bonchev–Trinajstić information content (AvgIpc) is 2.83. The number of nitrogens with one attached hydrogen (secondary N) is 1. The van der Waals surface area contributed by atoms with E-state index in [0.29, 0.717) is 37.3 Å². The van der Waals surface area contributed by atoms with Crippen molar-refractivity contribution in [3.63, 3.8) is 0 Å². The number of benzene rings is 2. The predicted molar refractivity (Wildman–Crippen MR) is 136 cm³/mol. The third-order valence-electron chi connectivity index (χ3n) is 5.54. The normalized spacial score (nSPS) is 11.4. The van der Waals surface area contributed by atoms with E-state index in [1.54, 1.807) is 44.4 Å². The number of carbonyl (C=O) groups excluding carboxylic acids is 1. The summed E-state index contributed by atoms with van der Waals surface area (Å²) in [4.78, 5) is 16.3. The molecule has 0 bridgehead atoms. The molecule has 6 nitrogen and oxygen atoms in total. The van der Waals surface area contributed by atoms with Gasteiger partial charge in [-0.05, 0) is 61.6 Å². The first kappa shape index (κ1) is 25.4. The van der Waals surface area contributed by atoms with Crippen LogP contribution in [0.3, 0.4) is 0 Å². The van der Waals surface area contributed by atoms with Gasteiger partial charge in [0.25, 0.3) is 0 Å². The number of Topliss-reactive ketones (excluding diaryl/α,β-unsaturated/α-hetero) is 1. The molecule has 0 unspecified atom stereocenters. The third kappa shape index (κ3) is 7.99. The molecule has 0 amide bonds. The topological polar surface area (TPSA) is 85.4 Å². The Morgan fingerprint density at radius 2 is 1.53 bits per heavy atom. The molecule has 0 fully saturated rings. The van der Waals surface area contributed by atoms with Crippen LogP contribution in [-0.4, -0.2) is 31.0 Å². The lowest BCUT2D eigenvalue weighted by molar-refractivity contribution is -0.119. The van der Waals surface area contributed by atoms with Crippen LogP contribution in [0.5, 0.6) is 5.75 Å². The highest BCUT2D eigenvalue weighted by Gasteiger charge is 2.17. The highest BCUT2D eigenvalue weighted by molar-refractivity contribution is 7.93. The smallest absolute Gasteiger partial charge is 0.235 e. The molecular formula is C27H32N2O4S. The van der Waals surface area contributed by atoms with Gasteiger partial charge in [-0.2, -0.15) is 0 Å². The van der Waals surface area contributed by atoms with Crippen molar-refractivity contribution >= 4 is 21.5 Å². The maximum absolute atomic E-state index is 12.2. The molecule has 0 spiro atoms. The number of pyridine rings is 1. The van der Waals surface area contributed by atoms with Gasteiger partial charge in [0.15, 0.2) is 0 Å². The van der Waals surface area contributed by atoms with Crippen molar-refractivity contribution in [2.45, 2.75) is 51.2 Å². The molecule has 2 aromatic carbocycles. The van der Waals surface area contributed by atoms with Crippen LogP contribution in [0.1, 0.15) is 43.4 Å². The fourth-order valence-corrected chi connectivity index (χ4v) is 4.05. The van der Waals surface area contributed by atoms with Gasteiger partial charge < -0.3 is 4.74 Å². The Morgan fingerprint density at radius 1 is 0.882 bits per heavy atom. The molecule has 3 rings (SSSR count). The zero-order valence-corrected chi connectivity index (χ0v) is 20.6. The molecule has 0 aliphatic rings. The summed E-state index contributed by atoms with van der Waals surface area (Å²) < 4.78 is 32.8. The fraction of sp³-hybridized carbons (Fsp3) is 0.333. The number of hydrogen-bond donors (Lipinski definition) is 1. The summed E-state index contributed by atoms with van der Waals surface area (Å²) in [6, 6.07) is 19.1. The van der Waals surface area contributed by atoms with Crippen molar-refractivity contribution in [3.8, 4) is 5.75 Å². The van der Waals surface area contributed by atoms with Crippen molar-refractivity contribution in [1.82, 2.24) is 4.98 Å². The molecular weight excluding hydrogens is 448 g/mol. The van der Waals surface area contributed by atoms with Crippen molar-refractivity contribution in [2.75, 3.05) is 11.3 Å². The lowest BCUT2D eigenvalue weighted by Gasteiger charge is -2.15. The Morgan fingerprint density at radius 3 is 2.18 bits per heavy atom. The summed E-state index contributed by atoms with van der Waals surface area (Å²) in [6.07, 6.45) is 6.76. The van der Waals surface area contributed by atoms with Crippen LogP contribution in [0, 0.1) is 0 Å². The van der Waals surface area contributed by atoms with Gasteiger partial charge in [-0.25, -0.2) is 8.42 Å². The Labute approximate surface area is 202 Å². The van der Waals surface area contributed by atoms with Crippen molar-refractivity contribution < 1.29 is 17.9 Å². The van der Waals surface area contributed by atoms with Gasteiger partial charge in [-0.1, -0.05) is 42.5 Å². The van der Waals surface area contributed by atoms with Gasteiger partial charge in [-0.3, -0.25) is 14.5 Å². The standard InChI is InChI=1S/C27H32N2O4S/c1-21(2)34(31,32)29-26-7-3-4-8-27(26)33-19-17-23-11-9-22(10-12-23)13-15-25(30)16-14-24-6-5-18-28-20-24/h3-12,18,20-21,29H,13-17,19H2,1-2H3. The third-order valence-corrected chi connectivity index (χ3v) is 7.28. The number of rotatable bonds is 13. The number of aromatic nitrogens is 1. The second-order valence-electron chi connectivity index (χ2n) is 8.51. The summed E-state index contributed by atoms with van der Waals surface area (Å²) in [7, 11) is -3.44. The molecule has 1 aromatic heterocycles. The van der Waals surface area contributed by atoms with Crippen LogP contribution in [0.2, 0.25) is 0 Å². The van der Waals surface area contributed by atoms with Gasteiger partial charge in [0.2, 0.25) is 10.0 Å². The SMILES string of the molecule is CC(C)S(=O)(=O)Nc1ccccc1OCCc1ccc(CCC(=O)CCc2cccnc2)cc1. The molecule has 1 N–H and O–H groups in total. The zero-order chi connectivity index (χ0) is 24.4. The van der Waals surface area contributed by atoms with E-state index in [2.05, 4.69) is 21.8 Å². The Hall–Kier alpha value is -3.19. The van der Waals surface area contributed by atoms with Crippen LogP contribution in [-0.2, 0) is 34.1 Å². The van der Waals surface area contributed by atoms with E-state index in [9.17, 15) is 13.2 Å². The number of ketones is 1. The quantitative estimate of drug-likeness (QED) is 0.373. The van der Waals surface area contributed by atoms with Crippen LogP contribution in [0.15, 0.2) is 73.1 Å². The second-order valence-corrected chi connectivity index (χ2v) is 10.7. The second kappa shape index (κ2) is 12.3. The van der Waals surface area contributed by atoms with E-state index in [0.717, 1.165) is 29.5 Å². The molecule has 0 radical (unpaired) electrons. The lowest BCUT2D eigenvalue weighted by atomic mass is 10.0.